The van der Waals surface area contributed by atoms with Crippen molar-refractivity contribution in [1.82, 2.24) is 20.1 Å². The molecule has 146 valence electrons. The van der Waals surface area contributed by atoms with Gasteiger partial charge in [-0.15, -0.1) is 5.10 Å². The van der Waals surface area contributed by atoms with Crippen molar-refractivity contribution in [3.05, 3.63) is 42.0 Å². The Kier molecular flexibility index (Phi) is 6.81. The van der Waals surface area contributed by atoms with Gasteiger partial charge >= 0.3 is 0 Å². The number of methoxy groups -OCH3 is 1. The van der Waals surface area contributed by atoms with Crippen LogP contribution in [0.15, 0.2) is 30.6 Å². The Balaban J connectivity index is 1.55. The molecule has 7 heteroatoms. The van der Waals surface area contributed by atoms with Crippen LogP contribution in [0, 0.1) is 0 Å². The third-order valence-electron chi connectivity index (χ3n) is 5.04. The molecule has 1 amide bonds. The summed E-state index contributed by atoms with van der Waals surface area (Å²) in [7, 11) is 1.60. The maximum atomic E-state index is 12.4. The molecule has 1 saturated carbocycles. The average Bonchev–Trinajstić information content (AvgIpc) is 3.12. The highest BCUT2D eigenvalue weighted by atomic mass is 16.5. The van der Waals surface area contributed by atoms with Crippen molar-refractivity contribution in [3.8, 4) is 5.75 Å². The van der Waals surface area contributed by atoms with Gasteiger partial charge in [0.25, 0.3) is 5.91 Å². The number of hydrogen-bond donors (Lipinski definition) is 2. The molecule has 3 rings (SSSR count). The van der Waals surface area contributed by atoms with Crippen molar-refractivity contribution < 1.29 is 14.6 Å². The minimum Gasteiger partial charge on any atom is -0.497 e. The van der Waals surface area contributed by atoms with E-state index in [-0.39, 0.29) is 24.3 Å². The molecule has 1 atom stereocenters. The standard InChI is InChI=1S/C20H28N4O3/c1-27-17-11-9-15(10-12-17)18(25)13-24-14-21-19(23-24)20(26)22-16-7-5-3-2-4-6-8-16/h9-12,14,16,18,25H,2-8,13H2,1H3,(H,22,26)/t18-/m1/s1. The van der Waals surface area contributed by atoms with E-state index in [0.717, 1.165) is 37.0 Å². The molecule has 1 aromatic carbocycles. The number of benzene rings is 1. The van der Waals surface area contributed by atoms with Gasteiger partial charge in [-0.25, -0.2) is 9.67 Å². The zero-order valence-corrected chi connectivity index (χ0v) is 15.8. The van der Waals surface area contributed by atoms with Gasteiger partial charge in [-0.05, 0) is 30.5 Å². The topological polar surface area (TPSA) is 89.3 Å². The van der Waals surface area contributed by atoms with E-state index < -0.39 is 6.10 Å². The lowest BCUT2D eigenvalue weighted by atomic mass is 9.97. The summed E-state index contributed by atoms with van der Waals surface area (Å²) in [6.07, 6.45) is 8.86. The lowest BCUT2D eigenvalue weighted by Crippen LogP contribution is -2.36. The summed E-state index contributed by atoms with van der Waals surface area (Å²) in [6, 6.07) is 7.42. The Bertz CT molecular complexity index is 721. The molecule has 0 radical (unpaired) electrons. The summed E-state index contributed by atoms with van der Waals surface area (Å²) in [6.45, 7) is 0.232. The zero-order valence-electron chi connectivity index (χ0n) is 15.8. The fourth-order valence-corrected chi connectivity index (χ4v) is 3.45. The quantitative estimate of drug-likeness (QED) is 0.814. The summed E-state index contributed by atoms with van der Waals surface area (Å²) >= 11 is 0. The van der Waals surface area contributed by atoms with Crippen LogP contribution in [0.25, 0.3) is 0 Å². The van der Waals surface area contributed by atoms with Crippen molar-refractivity contribution in [3.63, 3.8) is 0 Å². The fraction of sp³-hybridized carbons (Fsp3) is 0.550. The Morgan fingerprint density at radius 2 is 1.89 bits per heavy atom. The maximum absolute atomic E-state index is 12.4. The lowest BCUT2D eigenvalue weighted by molar-refractivity contribution is 0.0918. The van der Waals surface area contributed by atoms with E-state index in [0.29, 0.717) is 0 Å². The molecule has 27 heavy (non-hydrogen) atoms. The van der Waals surface area contributed by atoms with Crippen LogP contribution in [0.4, 0.5) is 0 Å². The SMILES string of the molecule is COc1ccc([C@H](O)Cn2cnc(C(=O)NC3CCCCCCC3)n2)cc1. The van der Waals surface area contributed by atoms with Gasteiger partial charge in [0.15, 0.2) is 0 Å². The smallest absolute Gasteiger partial charge is 0.291 e. The number of aromatic nitrogens is 3. The first-order valence-electron chi connectivity index (χ1n) is 9.68. The normalized spacial score (nSPS) is 17.0. The van der Waals surface area contributed by atoms with Crippen LogP contribution in [0.2, 0.25) is 0 Å². The van der Waals surface area contributed by atoms with Gasteiger partial charge in [-0.2, -0.15) is 0 Å². The number of nitrogens with one attached hydrogen (secondary N) is 1. The summed E-state index contributed by atoms with van der Waals surface area (Å²) < 4.78 is 6.62. The minimum atomic E-state index is -0.737. The first-order chi connectivity index (χ1) is 13.2. The summed E-state index contributed by atoms with van der Waals surface area (Å²) in [4.78, 5) is 16.5. The average molecular weight is 372 g/mol. The van der Waals surface area contributed by atoms with Crippen molar-refractivity contribution in [2.75, 3.05) is 7.11 Å². The van der Waals surface area contributed by atoms with Crippen LogP contribution in [0.5, 0.6) is 5.75 Å². The molecule has 0 saturated heterocycles. The maximum Gasteiger partial charge on any atom is 0.291 e. The number of aliphatic hydroxyl groups excluding tert-OH is 1. The minimum absolute atomic E-state index is 0.152. The van der Waals surface area contributed by atoms with Gasteiger partial charge < -0.3 is 15.2 Å². The van der Waals surface area contributed by atoms with E-state index in [2.05, 4.69) is 15.4 Å². The molecule has 1 aliphatic carbocycles. The number of carbonyl (C=O) groups is 1. The molecule has 1 aliphatic rings. The van der Waals surface area contributed by atoms with Crippen molar-refractivity contribution in [2.24, 2.45) is 0 Å². The first kappa shape index (κ1) is 19.4. The number of hydrogen-bond acceptors (Lipinski definition) is 5. The van der Waals surface area contributed by atoms with Crippen LogP contribution in [0.1, 0.15) is 67.2 Å². The van der Waals surface area contributed by atoms with E-state index >= 15 is 0 Å². The number of rotatable bonds is 6. The van der Waals surface area contributed by atoms with E-state index in [1.165, 1.54) is 30.3 Å². The molecule has 1 aromatic heterocycles. The van der Waals surface area contributed by atoms with Gasteiger partial charge in [0.2, 0.25) is 5.82 Å². The summed E-state index contributed by atoms with van der Waals surface area (Å²) in [5, 5.41) is 17.7. The van der Waals surface area contributed by atoms with E-state index in [9.17, 15) is 9.90 Å². The van der Waals surface area contributed by atoms with Gasteiger partial charge in [0, 0.05) is 6.04 Å². The molecule has 2 N–H and O–H groups in total. The van der Waals surface area contributed by atoms with E-state index in [1.807, 2.05) is 12.1 Å². The molecular weight excluding hydrogens is 344 g/mol. The summed E-state index contributed by atoms with van der Waals surface area (Å²) in [5.41, 5.74) is 0.756. The number of nitrogens with zero attached hydrogens (tertiary/aromatic N) is 3. The second kappa shape index (κ2) is 9.50. The Morgan fingerprint density at radius 1 is 1.22 bits per heavy atom. The Morgan fingerprint density at radius 3 is 2.56 bits per heavy atom. The van der Waals surface area contributed by atoms with Crippen LogP contribution < -0.4 is 10.1 Å². The second-order valence-corrected chi connectivity index (χ2v) is 7.09. The monoisotopic (exact) mass is 372 g/mol. The largest absolute Gasteiger partial charge is 0.497 e. The van der Waals surface area contributed by atoms with Crippen LogP contribution in [0.3, 0.4) is 0 Å². The van der Waals surface area contributed by atoms with E-state index in [4.69, 9.17) is 4.74 Å². The van der Waals surface area contributed by atoms with Crippen molar-refractivity contribution in [1.29, 1.82) is 0 Å². The van der Waals surface area contributed by atoms with E-state index in [1.54, 1.807) is 19.2 Å². The number of ether oxygens (including phenoxy) is 1. The highest BCUT2D eigenvalue weighted by molar-refractivity contribution is 5.90. The third-order valence-corrected chi connectivity index (χ3v) is 5.04. The van der Waals surface area contributed by atoms with Crippen LogP contribution >= 0.6 is 0 Å². The highest BCUT2D eigenvalue weighted by Gasteiger charge is 2.18. The number of aliphatic hydroxyl groups is 1. The molecule has 1 heterocycles. The molecular formula is C20H28N4O3. The second-order valence-electron chi connectivity index (χ2n) is 7.09. The third kappa shape index (κ3) is 5.53. The molecule has 0 bridgehead atoms. The molecule has 1 fully saturated rings. The van der Waals surface area contributed by atoms with Crippen LogP contribution in [-0.4, -0.2) is 38.9 Å². The molecule has 0 aliphatic heterocycles. The summed E-state index contributed by atoms with van der Waals surface area (Å²) in [5.74, 6) is 0.650. The fourth-order valence-electron chi connectivity index (χ4n) is 3.45. The molecule has 7 nitrogen and oxygen atoms in total. The van der Waals surface area contributed by atoms with Gasteiger partial charge in [-0.3, -0.25) is 4.79 Å². The van der Waals surface area contributed by atoms with Gasteiger partial charge in [0.1, 0.15) is 12.1 Å². The zero-order chi connectivity index (χ0) is 19.1. The molecule has 0 unspecified atom stereocenters. The molecule has 2 aromatic rings. The van der Waals surface area contributed by atoms with Crippen molar-refractivity contribution >= 4 is 5.91 Å². The number of carbonyl (C=O) groups excluding carboxylic acids is 1. The predicted octanol–water partition coefficient (Wildman–Crippen LogP) is 2.86. The van der Waals surface area contributed by atoms with Crippen molar-refractivity contribution in [2.45, 2.75) is 63.6 Å². The van der Waals surface area contributed by atoms with Gasteiger partial charge in [0.05, 0.1) is 19.8 Å². The number of amides is 1. The Labute approximate surface area is 159 Å². The molecule has 0 spiro atoms. The predicted molar refractivity (Wildman–Crippen MR) is 102 cm³/mol. The van der Waals surface area contributed by atoms with Crippen LogP contribution in [-0.2, 0) is 6.54 Å². The highest BCUT2D eigenvalue weighted by Crippen LogP contribution is 2.19. The first-order valence-corrected chi connectivity index (χ1v) is 9.68. The lowest BCUT2D eigenvalue weighted by Gasteiger charge is -2.20. The Hall–Kier alpha value is -2.41. The van der Waals surface area contributed by atoms with Gasteiger partial charge in [-0.1, -0.05) is 44.2 Å².